The van der Waals surface area contributed by atoms with Crippen molar-refractivity contribution in [2.45, 2.75) is 33.0 Å². The van der Waals surface area contributed by atoms with Crippen molar-refractivity contribution in [2.75, 3.05) is 17.2 Å². The molecule has 1 aromatic heterocycles. The Hall–Kier alpha value is -2.35. The van der Waals surface area contributed by atoms with E-state index in [0.717, 1.165) is 17.2 Å². The molecule has 1 heterocycles. The molecule has 0 aliphatic rings. The number of para-hydroxylation sites is 1. The minimum absolute atomic E-state index is 0.0300. The second kappa shape index (κ2) is 7.04. The van der Waals surface area contributed by atoms with Gasteiger partial charge in [-0.2, -0.15) is 18.2 Å². The number of aliphatic hydroxyl groups excluding tert-OH is 1. The maximum absolute atomic E-state index is 13.1. The summed E-state index contributed by atoms with van der Waals surface area (Å²) in [6, 6.07) is 5.97. The third kappa shape index (κ3) is 4.35. The van der Waals surface area contributed by atoms with Gasteiger partial charge in [-0.3, -0.25) is 0 Å². The van der Waals surface area contributed by atoms with Crippen molar-refractivity contribution in [2.24, 2.45) is 0 Å². The van der Waals surface area contributed by atoms with Crippen LogP contribution in [0.2, 0.25) is 0 Å². The van der Waals surface area contributed by atoms with Gasteiger partial charge in [-0.05, 0) is 31.9 Å². The molecule has 0 spiro atoms. The van der Waals surface area contributed by atoms with Gasteiger partial charge < -0.3 is 15.7 Å². The van der Waals surface area contributed by atoms with Gasteiger partial charge in [0.2, 0.25) is 5.95 Å². The molecular formula is C16H19F3N4O. The minimum Gasteiger partial charge on any atom is -0.394 e. The summed E-state index contributed by atoms with van der Waals surface area (Å²) in [5.74, 6) is -0.164. The van der Waals surface area contributed by atoms with E-state index < -0.39 is 17.9 Å². The maximum Gasteiger partial charge on any atom is 0.433 e. The van der Waals surface area contributed by atoms with Crippen LogP contribution in [0, 0.1) is 13.8 Å². The Morgan fingerprint density at radius 1 is 1.17 bits per heavy atom. The van der Waals surface area contributed by atoms with Crippen LogP contribution in [-0.2, 0) is 6.18 Å². The number of benzene rings is 1. The molecule has 2 aromatic rings. The molecule has 2 rings (SSSR count). The van der Waals surface area contributed by atoms with Crippen molar-refractivity contribution in [3.05, 3.63) is 41.1 Å². The van der Waals surface area contributed by atoms with Crippen LogP contribution >= 0.6 is 0 Å². The number of anilines is 3. The first-order chi connectivity index (χ1) is 11.2. The number of nitrogens with one attached hydrogen (secondary N) is 2. The number of nitrogens with zero attached hydrogens (tertiary/aromatic N) is 2. The molecule has 1 atom stereocenters. The highest BCUT2D eigenvalue weighted by Crippen LogP contribution is 2.31. The molecule has 0 saturated heterocycles. The predicted molar refractivity (Wildman–Crippen MR) is 86.4 cm³/mol. The number of alkyl halides is 3. The van der Waals surface area contributed by atoms with Crippen molar-refractivity contribution in [3.8, 4) is 0 Å². The second-order valence-corrected chi connectivity index (χ2v) is 5.58. The molecule has 0 aliphatic heterocycles. The fourth-order valence-electron chi connectivity index (χ4n) is 2.13. The highest BCUT2D eigenvalue weighted by atomic mass is 19.4. The van der Waals surface area contributed by atoms with Gasteiger partial charge in [-0.15, -0.1) is 0 Å². The van der Waals surface area contributed by atoms with Crippen LogP contribution in [0.25, 0.3) is 0 Å². The highest BCUT2D eigenvalue weighted by Gasteiger charge is 2.34. The van der Waals surface area contributed by atoms with Crippen molar-refractivity contribution >= 4 is 17.5 Å². The van der Waals surface area contributed by atoms with Crippen molar-refractivity contribution in [1.29, 1.82) is 0 Å². The molecule has 3 N–H and O–H groups in total. The molecule has 0 unspecified atom stereocenters. The number of hydrogen-bond acceptors (Lipinski definition) is 5. The molecule has 0 saturated carbocycles. The fraction of sp³-hybridized carbons (Fsp3) is 0.375. The first-order valence-corrected chi connectivity index (χ1v) is 7.37. The number of rotatable bonds is 5. The molecule has 0 aliphatic carbocycles. The molecule has 5 nitrogen and oxygen atoms in total. The molecule has 0 bridgehead atoms. The highest BCUT2D eigenvalue weighted by molar-refractivity contribution is 5.65. The number of aryl methyl sites for hydroxylation is 2. The Morgan fingerprint density at radius 3 is 2.33 bits per heavy atom. The Balaban J connectivity index is 2.43. The Morgan fingerprint density at radius 2 is 1.79 bits per heavy atom. The lowest BCUT2D eigenvalue weighted by atomic mass is 10.1. The van der Waals surface area contributed by atoms with Crippen LogP contribution in [0.15, 0.2) is 24.3 Å². The minimum atomic E-state index is -4.60. The summed E-state index contributed by atoms with van der Waals surface area (Å²) in [7, 11) is 0. The zero-order chi connectivity index (χ0) is 17.9. The summed E-state index contributed by atoms with van der Waals surface area (Å²) >= 11 is 0. The lowest BCUT2D eigenvalue weighted by Crippen LogP contribution is -2.22. The van der Waals surface area contributed by atoms with Gasteiger partial charge >= 0.3 is 6.18 Å². The summed E-state index contributed by atoms with van der Waals surface area (Å²) in [6.45, 7) is 5.07. The van der Waals surface area contributed by atoms with Crippen molar-refractivity contribution < 1.29 is 18.3 Å². The molecule has 130 valence electrons. The quantitative estimate of drug-likeness (QED) is 0.775. The van der Waals surface area contributed by atoms with E-state index in [0.29, 0.717) is 5.69 Å². The summed E-state index contributed by atoms with van der Waals surface area (Å²) in [5.41, 5.74) is 1.42. The van der Waals surface area contributed by atoms with Crippen LogP contribution in [0.3, 0.4) is 0 Å². The molecule has 8 heteroatoms. The Kier molecular flexibility index (Phi) is 5.28. The number of hydrogen-bond donors (Lipinski definition) is 3. The number of aromatic nitrogens is 2. The third-order valence-electron chi connectivity index (χ3n) is 3.40. The van der Waals surface area contributed by atoms with Crippen LogP contribution in [-0.4, -0.2) is 27.7 Å². The van der Waals surface area contributed by atoms with Crippen molar-refractivity contribution in [3.63, 3.8) is 0 Å². The zero-order valence-corrected chi connectivity index (χ0v) is 13.6. The summed E-state index contributed by atoms with van der Waals surface area (Å²) < 4.78 is 39.2. The Bertz CT molecular complexity index is 699. The molecule has 0 fully saturated rings. The molecular weight excluding hydrogens is 321 g/mol. The SMILES string of the molecule is Cc1cccc(C)c1Nc1cc(C(F)(F)F)nc(N[C@H](C)CO)n1. The van der Waals surface area contributed by atoms with E-state index in [9.17, 15) is 13.2 Å². The summed E-state index contributed by atoms with van der Waals surface area (Å²) in [4.78, 5) is 7.55. The van der Waals surface area contributed by atoms with Gasteiger partial charge in [0.15, 0.2) is 5.69 Å². The van der Waals surface area contributed by atoms with E-state index in [1.54, 1.807) is 6.92 Å². The van der Waals surface area contributed by atoms with E-state index in [4.69, 9.17) is 5.11 Å². The number of aliphatic hydroxyl groups is 1. The van der Waals surface area contributed by atoms with Crippen LogP contribution in [0.5, 0.6) is 0 Å². The first kappa shape index (κ1) is 18.0. The standard InChI is InChI=1S/C16H19F3N4O/c1-9-5-4-6-10(2)14(9)22-13-7-12(16(17,18)19)21-15(23-13)20-11(3)8-24/h4-7,11,24H,8H2,1-3H3,(H2,20,21,22,23)/t11-/m1/s1. The molecule has 24 heavy (non-hydrogen) atoms. The van der Waals surface area contributed by atoms with Crippen molar-refractivity contribution in [1.82, 2.24) is 9.97 Å². The topological polar surface area (TPSA) is 70.1 Å². The van der Waals surface area contributed by atoms with E-state index >= 15 is 0 Å². The lowest BCUT2D eigenvalue weighted by Gasteiger charge is -2.16. The summed E-state index contributed by atoms with van der Waals surface area (Å²) in [6.07, 6.45) is -4.60. The average Bonchev–Trinajstić information content (AvgIpc) is 2.50. The van der Waals surface area contributed by atoms with Gasteiger partial charge in [0, 0.05) is 17.8 Å². The van der Waals surface area contributed by atoms with Crippen LogP contribution in [0.4, 0.5) is 30.6 Å². The van der Waals surface area contributed by atoms with Gasteiger partial charge in [0.1, 0.15) is 5.82 Å². The molecule has 1 aromatic carbocycles. The molecule has 0 radical (unpaired) electrons. The summed E-state index contributed by atoms with van der Waals surface area (Å²) in [5, 5.41) is 14.6. The van der Waals surface area contributed by atoms with Crippen LogP contribution < -0.4 is 10.6 Å². The average molecular weight is 340 g/mol. The maximum atomic E-state index is 13.1. The lowest BCUT2D eigenvalue weighted by molar-refractivity contribution is -0.141. The predicted octanol–water partition coefficient (Wildman–Crippen LogP) is 3.65. The van der Waals surface area contributed by atoms with Gasteiger partial charge in [0.25, 0.3) is 0 Å². The van der Waals surface area contributed by atoms with Crippen LogP contribution in [0.1, 0.15) is 23.7 Å². The van der Waals surface area contributed by atoms with E-state index in [-0.39, 0.29) is 18.4 Å². The number of halogens is 3. The third-order valence-corrected chi connectivity index (χ3v) is 3.40. The van der Waals surface area contributed by atoms with E-state index in [1.165, 1.54) is 0 Å². The largest absolute Gasteiger partial charge is 0.433 e. The second-order valence-electron chi connectivity index (χ2n) is 5.58. The zero-order valence-electron chi connectivity index (χ0n) is 13.6. The van der Waals surface area contributed by atoms with Gasteiger partial charge in [-0.1, -0.05) is 18.2 Å². The van der Waals surface area contributed by atoms with Gasteiger partial charge in [-0.25, -0.2) is 4.98 Å². The monoisotopic (exact) mass is 340 g/mol. The Labute approximate surface area is 138 Å². The first-order valence-electron chi connectivity index (χ1n) is 7.37. The molecule has 0 amide bonds. The van der Waals surface area contributed by atoms with E-state index in [2.05, 4.69) is 20.6 Å². The smallest absolute Gasteiger partial charge is 0.394 e. The fourth-order valence-corrected chi connectivity index (χ4v) is 2.13. The van der Waals surface area contributed by atoms with Gasteiger partial charge in [0.05, 0.1) is 6.61 Å². The van der Waals surface area contributed by atoms with E-state index in [1.807, 2.05) is 32.0 Å². The normalized spacial score (nSPS) is 12.8.